The number of aromatic carboxylic acids is 1. The lowest BCUT2D eigenvalue weighted by Gasteiger charge is -2.15. The summed E-state index contributed by atoms with van der Waals surface area (Å²) < 4.78 is 0. The van der Waals surface area contributed by atoms with Gasteiger partial charge in [-0.25, -0.2) is 9.78 Å². The third kappa shape index (κ3) is 5.59. The molecule has 0 spiro atoms. The van der Waals surface area contributed by atoms with Crippen LogP contribution in [0.4, 0.5) is 0 Å². The molecule has 0 aliphatic heterocycles. The van der Waals surface area contributed by atoms with E-state index < -0.39 is 5.97 Å². The van der Waals surface area contributed by atoms with E-state index in [9.17, 15) is 9.90 Å². The first-order chi connectivity index (χ1) is 14.6. The van der Waals surface area contributed by atoms with Crippen molar-refractivity contribution in [2.45, 2.75) is 64.7 Å². The van der Waals surface area contributed by atoms with Crippen molar-refractivity contribution in [2.24, 2.45) is 0 Å². The second-order valence-corrected chi connectivity index (χ2v) is 7.99. The number of hydrogen-bond donors (Lipinski definition) is 2. The number of nitrogens with one attached hydrogen (secondary N) is 1. The Kier molecular flexibility index (Phi) is 7.83. The highest BCUT2D eigenvalue weighted by molar-refractivity contribution is 5.95. The van der Waals surface area contributed by atoms with Gasteiger partial charge in [0.15, 0.2) is 0 Å². The van der Waals surface area contributed by atoms with Crippen LogP contribution in [-0.2, 0) is 12.8 Å². The van der Waals surface area contributed by atoms with Crippen molar-refractivity contribution < 1.29 is 9.90 Å². The molecular formula is C26H32N2O2. The van der Waals surface area contributed by atoms with Gasteiger partial charge < -0.3 is 10.1 Å². The molecule has 0 amide bonds. The van der Waals surface area contributed by atoms with Gasteiger partial charge in [0.25, 0.3) is 0 Å². The monoisotopic (exact) mass is 404 g/mol. The highest BCUT2D eigenvalue weighted by Crippen LogP contribution is 2.28. The SMILES string of the molecule is CCCCc1cnc(C(CCCC)Cc2ccc(-c3ccccc3C(=O)O)cc2)[nH]1. The van der Waals surface area contributed by atoms with Gasteiger partial charge in [0.2, 0.25) is 0 Å². The standard InChI is InChI=1S/C26H32N2O2/c1-3-5-9-21(25-27-18-22(28-25)10-6-4-2)17-19-13-15-20(16-14-19)23-11-7-8-12-24(23)26(29)30/h7-8,11-16,18,21H,3-6,9-10,17H2,1-2H3,(H,27,28)(H,29,30). The van der Waals surface area contributed by atoms with Crippen LogP contribution >= 0.6 is 0 Å². The predicted octanol–water partition coefficient (Wildman–Crippen LogP) is 6.63. The molecule has 3 aromatic rings. The topological polar surface area (TPSA) is 66.0 Å². The Labute approximate surface area is 179 Å². The average molecular weight is 405 g/mol. The minimum absolute atomic E-state index is 0.335. The first kappa shape index (κ1) is 21.8. The number of carbonyl (C=O) groups is 1. The molecule has 4 nitrogen and oxygen atoms in total. The Hall–Kier alpha value is -2.88. The number of nitrogens with zero attached hydrogens (tertiary/aromatic N) is 1. The van der Waals surface area contributed by atoms with Crippen LogP contribution in [0, 0.1) is 0 Å². The third-order valence-electron chi connectivity index (χ3n) is 5.65. The molecule has 1 atom stereocenters. The summed E-state index contributed by atoms with van der Waals surface area (Å²) in [6, 6.07) is 15.5. The van der Waals surface area contributed by atoms with E-state index in [1.165, 1.54) is 36.9 Å². The number of carboxylic acids is 1. The Bertz CT molecular complexity index is 944. The van der Waals surface area contributed by atoms with Crippen LogP contribution in [0.2, 0.25) is 0 Å². The van der Waals surface area contributed by atoms with Gasteiger partial charge in [-0.1, -0.05) is 75.6 Å². The molecule has 0 radical (unpaired) electrons. The van der Waals surface area contributed by atoms with Crippen LogP contribution in [0.1, 0.15) is 79.3 Å². The van der Waals surface area contributed by atoms with Crippen molar-refractivity contribution in [3.8, 4) is 11.1 Å². The van der Waals surface area contributed by atoms with Crippen LogP contribution in [0.5, 0.6) is 0 Å². The Morgan fingerprint density at radius 1 is 1.03 bits per heavy atom. The summed E-state index contributed by atoms with van der Waals surface area (Å²) in [5.74, 6) is 0.568. The lowest BCUT2D eigenvalue weighted by Crippen LogP contribution is -2.06. The molecule has 1 heterocycles. The van der Waals surface area contributed by atoms with Crippen molar-refractivity contribution in [3.63, 3.8) is 0 Å². The molecule has 0 aliphatic carbocycles. The second-order valence-electron chi connectivity index (χ2n) is 7.99. The van der Waals surface area contributed by atoms with Crippen molar-refractivity contribution in [1.82, 2.24) is 9.97 Å². The number of hydrogen-bond acceptors (Lipinski definition) is 2. The van der Waals surface area contributed by atoms with E-state index in [0.29, 0.717) is 11.5 Å². The summed E-state index contributed by atoms with van der Waals surface area (Å²) in [7, 11) is 0. The quantitative estimate of drug-likeness (QED) is 0.377. The number of benzene rings is 2. The normalized spacial score (nSPS) is 12.1. The number of unbranched alkanes of at least 4 members (excludes halogenated alkanes) is 2. The number of imidazole rings is 1. The van der Waals surface area contributed by atoms with Crippen LogP contribution < -0.4 is 0 Å². The van der Waals surface area contributed by atoms with Gasteiger partial charge >= 0.3 is 5.97 Å². The molecule has 4 heteroatoms. The zero-order chi connectivity index (χ0) is 21.3. The first-order valence-corrected chi connectivity index (χ1v) is 11.1. The van der Waals surface area contributed by atoms with Crippen LogP contribution in [0.25, 0.3) is 11.1 Å². The van der Waals surface area contributed by atoms with Gasteiger partial charge in [0.05, 0.1) is 5.56 Å². The summed E-state index contributed by atoms with van der Waals surface area (Å²) >= 11 is 0. The van der Waals surface area contributed by atoms with Crippen LogP contribution in [0.15, 0.2) is 54.7 Å². The maximum atomic E-state index is 11.5. The van der Waals surface area contributed by atoms with Gasteiger partial charge in [0.1, 0.15) is 5.82 Å². The molecule has 30 heavy (non-hydrogen) atoms. The van der Waals surface area contributed by atoms with Gasteiger partial charge in [-0.2, -0.15) is 0 Å². The summed E-state index contributed by atoms with van der Waals surface area (Å²) in [6.07, 6.45) is 9.82. The molecule has 0 bridgehead atoms. The van der Waals surface area contributed by atoms with Crippen molar-refractivity contribution in [3.05, 3.63) is 77.4 Å². The van der Waals surface area contributed by atoms with Crippen molar-refractivity contribution in [1.29, 1.82) is 0 Å². The molecule has 0 fully saturated rings. The summed E-state index contributed by atoms with van der Waals surface area (Å²) in [5, 5.41) is 9.45. The van der Waals surface area contributed by atoms with Crippen molar-refractivity contribution >= 4 is 5.97 Å². The molecule has 0 saturated carbocycles. The molecular weight excluding hydrogens is 372 g/mol. The van der Waals surface area contributed by atoms with Gasteiger partial charge in [-0.3, -0.25) is 0 Å². The van der Waals surface area contributed by atoms with Gasteiger partial charge in [-0.15, -0.1) is 0 Å². The lowest BCUT2D eigenvalue weighted by molar-refractivity contribution is 0.0697. The minimum Gasteiger partial charge on any atom is -0.478 e. The Morgan fingerprint density at radius 3 is 2.47 bits per heavy atom. The number of rotatable bonds is 11. The fourth-order valence-corrected chi connectivity index (χ4v) is 3.89. The molecule has 2 N–H and O–H groups in total. The highest BCUT2D eigenvalue weighted by Gasteiger charge is 2.16. The van der Waals surface area contributed by atoms with E-state index in [1.54, 1.807) is 12.1 Å². The Morgan fingerprint density at radius 2 is 1.77 bits per heavy atom. The number of aromatic amines is 1. The number of H-pyrrole nitrogens is 1. The second kappa shape index (κ2) is 10.8. The maximum absolute atomic E-state index is 11.5. The van der Waals surface area contributed by atoms with E-state index in [-0.39, 0.29) is 0 Å². The smallest absolute Gasteiger partial charge is 0.336 e. The van der Waals surface area contributed by atoms with E-state index in [0.717, 1.165) is 36.2 Å². The van der Waals surface area contributed by atoms with E-state index in [1.807, 2.05) is 30.5 Å². The fourth-order valence-electron chi connectivity index (χ4n) is 3.89. The fraction of sp³-hybridized carbons (Fsp3) is 0.385. The van der Waals surface area contributed by atoms with Crippen molar-refractivity contribution in [2.75, 3.05) is 0 Å². The largest absolute Gasteiger partial charge is 0.478 e. The third-order valence-corrected chi connectivity index (χ3v) is 5.65. The molecule has 1 aromatic heterocycles. The number of carboxylic acid groups (broad SMARTS) is 1. The Balaban J connectivity index is 1.77. The predicted molar refractivity (Wildman–Crippen MR) is 122 cm³/mol. The van der Waals surface area contributed by atoms with E-state index in [4.69, 9.17) is 4.98 Å². The zero-order valence-corrected chi connectivity index (χ0v) is 18.0. The van der Waals surface area contributed by atoms with E-state index in [2.05, 4.69) is 31.0 Å². The number of aromatic nitrogens is 2. The zero-order valence-electron chi connectivity index (χ0n) is 18.0. The van der Waals surface area contributed by atoms with E-state index >= 15 is 0 Å². The molecule has 158 valence electrons. The van der Waals surface area contributed by atoms with Crippen LogP contribution in [-0.4, -0.2) is 21.0 Å². The van der Waals surface area contributed by atoms with Gasteiger partial charge in [0, 0.05) is 17.8 Å². The first-order valence-electron chi connectivity index (χ1n) is 11.1. The number of aryl methyl sites for hydroxylation is 1. The summed E-state index contributed by atoms with van der Waals surface area (Å²) in [6.45, 7) is 4.43. The maximum Gasteiger partial charge on any atom is 0.336 e. The highest BCUT2D eigenvalue weighted by atomic mass is 16.4. The summed E-state index contributed by atoms with van der Waals surface area (Å²) in [5.41, 5.74) is 4.50. The van der Waals surface area contributed by atoms with Crippen LogP contribution in [0.3, 0.4) is 0 Å². The molecule has 1 unspecified atom stereocenters. The van der Waals surface area contributed by atoms with Gasteiger partial charge in [-0.05, 0) is 48.4 Å². The minimum atomic E-state index is -0.897. The molecule has 0 aliphatic rings. The molecule has 2 aromatic carbocycles. The molecule has 3 rings (SSSR count). The average Bonchev–Trinajstić information content (AvgIpc) is 3.24. The lowest BCUT2D eigenvalue weighted by atomic mass is 9.92. The molecule has 0 saturated heterocycles. The summed E-state index contributed by atoms with van der Waals surface area (Å²) in [4.78, 5) is 19.8.